The molecule has 0 radical (unpaired) electrons. The summed E-state index contributed by atoms with van der Waals surface area (Å²) in [6, 6.07) is 1.12. The van der Waals surface area contributed by atoms with E-state index < -0.39 is 17.2 Å². The summed E-state index contributed by atoms with van der Waals surface area (Å²) in [6.45, 7) is 5.22. The van der Waals surface area contributed by atoms with Crippen molar-refractivity contribution in [2.24, 2.45) is 0 Å². The zero-order valence-electron chi connectivity index (χ0n) is 19.7. The van der Waals surface area contributed by atoms with Crippen LogP contribution >= 0.6 is 11.3 Å². The predicted octanol–water partition coefficient (Wildman–Crippen LogP) is 3.22. The van der Waals surface area contributed by atoms with E-state index >= 15 is 4.39 Å². The fraction of sp³-hybridized carbons (Fsp3) is 0.500. The van der Waals surface area contributed by atoms with Crippen LogP contribution < -0.4 is 20.4 Å². The third-order valence-corrected chi connectivity index (χ3v) is 8.32. The maximum atomic E-state index is 15.5. The molecule has 2 aromatic heterocycles. The highest BCUT2D eigenvalue weighted by Gasteiger charge is 2.31. The number of nitrogens with one attached hydrogen (secondary N) is 1. The van der Waals surface area contributed by atoms with Gasteiger partial charge in [0, 0.05) is 38.3 Å². The van der Waals surface area contributed by atoms with E-state index in [9.17, 15) is 9.59 Å². The van der Waals surface area contributed by atoms with Gasteiger partial charge in [-0.1, -0.05) is 17.8 Å². The van der Waals surface area contributed by atoms with E-state index in [0.29, 0.717) is 47.7 Å². The van der Waals surface area contributed by atoms with Gasteiger partial charge in [-0.3, -0.25) is 14.9 Å². The summed E-state index contributed by atoms with van der Waals surface area (Å²) in [5, 5.41) is 12.4. The lowest BCUT2D eigenvalue weighted by atomic mass is 9.86. The van der Waals surface area contributed by atoms with Crippen LogP contribution in [0.15, 0.2) is 17.1 Å². The second-order valence-corrected chi connectivity index (χ2v) is 10.7. The van der Waals surface area contributed by atoms with Crippen molar-refractivity contribution in [2.75, 3.05) is 50.1 Å². The minimum absolute atomic E-state index is 0.0515. The molecule has 35 heavy (non-hydrogen) atoms. The SMILES string of the molecule is C[C@H]1COc2c(N3CCN(C)CC3)c(F)cc3c(=O)c(C(=O)Nc4nnc(C5CCC5)s4)cn1c23. The van der Waals surface area contributed by atoms with Crippen LogP contribution in [0, 0.1) is 5.82 Å². The fourth-order valence-electron chi connectivity index (χ4n) is 4.97. The minimum atomic E-state index is -0.569. The molecule has 3 aliphatic rings. The molecule has 11 heteroatoms. The van der Waals surface area contributed by atoms with Crippen molar-refractivity contribution in [3.05, 3.63) is 38.9 Å². The Morgan fingerprint density at radius 3 is 2.71 bits per heavy atom. The van der Waals surface area contributed by atoms with Gasteiger partial charge in [0.05, 0.1) is 16.9 Å². The number of amides is 1. The first-order valence-corrected chi connectivity index (χ1v) is 12.8. The number of hydrogen-bond donors (Lipinski definition) is 1. The molecule has 2 fully saturated rings. The highest BCUT2D eigenvalue weighted by atomic mass is 32.1. The zero-order valence-corrected chi connectivity index (χ0v) is 20.5. The second-order valence-electron chi connectivity index (χ2n) is 9.69. The summed E-state index contributed by atoms with van der Waals surface area (Å²) in [4.78, 5) is 30.7. The summed E-state index contributed by atoms with van der Waals surface area (Å²) in [5.41, 5.74) is 0.341. The van der Waals surface area contributed by atoms with Gasteiger partial charge in [0.2, 0.25) is 10.6 Å². The van der Waals surface area contributed by atoms with Crippen LogP contribution in [0.2, 0.25) is 0 Å². The van der Waals surface area contributed by atoms with Gasteiger partial charge < -0.3 is 19.1 Å². The van der Waals surface area contributed by atoms with Crippen LogP contribution in [0.4, 0.5) is 15.2 Å². The van der Waals surface area contributed by atoms with Crippen molar-refractivity contribution < 1.29 is 13.9 Å². The second kappa shape index (κ2) is 8.56. The summed E-state index contributed by atoms with van der Waals surface area (Å²) < 4.78 is 23.4. The highest BCUT2D eigenvalue weighted by Crippen LogP contribution is 2.42. The molecule has 0 spiro atoms. The molecule has 4 heterocycles. The lowest BCUT2D eigenvalue weighted by Gasteiger charge is -2.37. The average molecular weight is 499 g/mol. The zero-order chi connectivity index (χ0) is 24.3. The van der Waals surface area contributed by atoms with Gasteiger partial charge in [-0.15, -0.1) is 10.2 Å². The number of likely N-dealkylation sites (N-methyl/N-ethyl adjacent to an activating group) is 1. The molecule has 1 aliphatic carbocycles. The first-order valence-electron chi connectivity index (χ1n) is 12.0. The van der Waals surface area contributed by atoms with Gasteiger partial charge in [0.15, 0.2) is 11.6 Å². The molecule has 1 aromatic carbocycles. The van der Waals surface area contributed by atoms with E-state index in [2.05, 4.69) is 20.4 Å². The number of pyridine rings is 1. The molecular weight excluding hydrogens is 471 g/mol. The Kier molecular flexibility index (Phi) is 5.48. The van der Waals surface area contributed by atoms with Crippen LogP contribution in [-0.4, -0.2) is 65.4 Å². The van der Waals surface area contributed by atoms with Gasteiger partial charge in [0.25, 0.3) is 5.91 Å². The Balaban J connectivity index is 1.40. The third-order valence-electron chi connectivity index (χ3n) is 7.32. The van der Waals surface area contributed by atoms with Crippen molar-refractivity contribution in [3.63, 3.8) is 0 Å². The Labute approximate surface area is 205 Å². The lowest BCUT2D eigenvalue weighted by Crippen LogP contribution is -2.45. The van der Waals surface area contributed by atoms with E-state index in [4.69, 9.17) is 4.74 Å². The topological polar surface area (TPSA) is 92.6 Å². The number of carbonyl (C=O) groups is 1. The van der Waals surface area contributed by atoms with Crippen LogP contribution in [0.3, 0.4) is 0 Å². The normalized spacial score (nSPS) is 20.5. The monoisotopic (exact) mass is 498 g/mol. The van der Waals surface area contributed by atoms with Crippen molar-refractivity contribution in [1.29, 1.82) is 0 Å². The maximum Gasteiger partial charge on any atom is 0.262 e. The Morgan fingerprint density at radius 1 is 1.23 bits per heavy atom. The molecule has 184 valence electrons. The molecule has 9 nitrogen and oxygen atoms in total. The molecule has 1 N–H and O–H groups in total. The van der Waals surface area contributed by atoms with Gasteiger partial charge in [0.1, 0.15) is 22.9 Å². The molecular formula is C24H27FN6O3S. The van der Waals surface area contributed by atoms with E-state index in [1.807, 2.05) is 23.4 Å². The number of ether oxygens (including phenoxy) is 1. The van der Waals surface area contributed by atoms with Gasteiger partial charge in [-0.25, -0.2) is 4.39 Å². The van der Waals surface area contributed by atoms with Gasteiger partial charge >= 0.3 is 0 Å². The maximum absolute atomic E-state index is 15.5. The van der Waals surface area contributed by atoms with Crippen LogP contribution in [0.25, 0.3) is 10.9 Å². The fourth-order valence-corrected chi connectivity index (χ4v) is 5.88. The molecule has 3 aromatic rings. The van der Waals surface area contributed by atoms with Crippen molar-refractivity contribution in [3.8, 4) is 5.75 Å². The average Bonchev–Trinajstić information content (AvgIpc) is 3.24. The summed E-state index contributed by atoms with van der Waals surface area (Å²) in [6.07, 6.45) is 4.92. The Hall–Kier alpha value is -3.05. The number of carbonyl (C=O) groups excluding carboxylic acids is 1. The lowest BCUT2D eigenvalue weighted by molar-refractivity contribution is 0.102. The van der Waals surface area contributed by atoms with E-state index in [0.717, 1.165) is 30.9 Å². The Bertz CT molecular complexity index is 1380. The van der Waals surface area contributed by atoms with Crippen molar-refractivity contribution in [1.82, 2.24) is 19.7 Å². The number of aromatic nitrogens is 3. The molecule has 6 rings (SSSR count). The molecule has 1 atom stereocenters. The summed E-state index contributed by atoms with van der Waals surface area (Å²) >= 11 is 1.34. The first kappa shape index (κ1) is 22.4. The smallest absolute Gasteiger partial charge is 0.262 e. The van der Waals surface area contributed by atoms with E-state index in [-0.39, 0.29) is 17.0 Å². The number of rotatable bonds is 4. The quantitative estimate of drug-likeness (QED) is 0.591. The summed E-state index contributed by atoms with van der Waals surface area (Å²) in [7, 11) is 2.04. The number of benzene rings is 1. The standard InChI is InChI=1S/C24H27FN6O3S/c1-13-12-34-21-18-15(10-17(25)19(21)30-8-6-29(2)7-9-30)20(32)16(11-31(13)18)22(33)26-24-28-27-23(35-24)14-4-3-5-14/h10-11,13-14H,3-9,12H2,1-2H3,(H,26,28,33)/t13-/m0/s1. The predicted molar refractivity (Wildman–Crippen MR) is 133 cm³/mol. The first-order chi connectivity index (χ1) is 16.9. The van der Waals surface area contributed by atoms with Crippen molar-refractivity contribution in [2.45, 2.75) is 38.1 Å². The van der Waals surface area contributed by atoms with Crippen LogP contribution in [-0.2, 0) is 0 Å². The molecule has 1 saturated carbocycles. The van der Waals surface area contributed by atoms with E-state index in [1.165, 1.54) is 23.8 Å². The van der Waals surface area contributed by atoms with Crippen LogP contribution in [0.1, 0.15) is 53.5 Å². The summed E-state index contributed by atoms with van der Waals surface area (Å²) in [5.74, 6) is -0.297. The molecule has 2 aliphatic heterocycles. The minimum Gasteiger partial charge on any atom is -0.487 e. The largest absolute Gasteiger partial charge is 0.487 e. The van der Waals surface area contributed by atoms with Gasteiger partial charge in [-0.2, -0.15) is 0 Å². The number of piperazine rings is 1. The number of anilines is 2. The van der Waals surface area contributed by atoms with Gasteiger partial charge in [-0.05, 0) is 32.9 Å². The number of hydrogen-bond acceptors (Lipinski definition) is 8. The number of halogens is 1. The molecule has 1 amide bonds. The molecule has 1 saturated heterocycles. The van der Waals surface area contributed by atoms with Crippen LogP contribution in [0.5, 0.6) is 5.75 Å². The third kappa shape index (κ3) is 3.77. The number of nitrogens with zero attached hydrogens (tertiary/aromatic N) is 5. The highest BCUT2D eigenvalue weighted by molar-refractivity contribution is 7.15. The van der Waals surface area contributed by atoms with Crippen molar-refractivity contribution >= 4 is 39.0 Å². The Morgan fingerprint density at radius 2 is 2.00 bits per heavy atom. The van der Waals surface area contributed by atoms with E-state index in [1.54, 1.807) is 6.20 Å². The molecule has 0 unspecified atom stereocenters. The molecule has 0 bridgehead atoms.